The number of rotatable bonds is 6. The van der Waals surface area contributed by atoms with Gasteiger partial charge in [-0.3, -0.25) is 9.12 Å². The predicted molar refractivity (Wildman–Crippen MR) is 110 cm³/mol. The van der Waals surface area contributed by atoms with E-state index < -0.39 is 10.0 Å². The largest absolute Gasteiger partial charge is 0.370 e. The molecule has 2 aromatic heterocycles. The third-order valence-electron chi connectivity index (χ3n) is 4.58. The Morgan fingerprint density at radius 3 is 2.96 bits per heavy atom. The SMILES string of the molecule is CN(C)CCN1CCc2ccc(NS(=O)(=O)c3c(Cl)nc4sccn34)cc21. The summed E-state index contributed by atoms with van der Waals surface area (Å²) < 4.78 is 30.0. The van der Waals surface area contributed by atoms with Gasteiger partial charge in [0.15, 0.2) is 15.1 Å². The number of halogens is 1. The molecule has 4 rings (SSSR count). The molecule has 3 aromatic rings. The van der Waals surface area contributed by atoms with Gasteiger partial charge in [-0.15, -0.1) is 11.3 Å². The minimum Gasteiger partial charge on any atom is -0.370 e. The highest BCUT2D eigenvalue weighted by atomic mass is 35.5. The number of likely N-dealkylation sites (N-methyl/N-ethyl adjacent to an activating group) is 1. The maximum absolute atomic E-state index is 12.9. The quantitative estimate of drug-likeness (QED) is 0.657. The summed E-state index contributed by atoms with van der Waals surface area (Å²) in [5.41, 5.74) is 2.84. The molecule has 0 bridgehead atoms. The molecule has 0 saturated carbocycles. The van der Waals surface area contributed by atoms with Gasteiger partial charge in [0.1, 0.15) is 0 Å². The third kappa shape index (κ3) is 3.52. The second-order valence-electron chi connectivity index (χ2n) is 6.75. The minimum absolute atomic E-state index is 0.0249. The minimum atomic E-state index is -3.86. The van der Waals surface area contributed by atoms with Crippen LogP contribution in [0.25, 0.3) is 4.96 Å². The molecule has 1 aliphatic rings. The van der Waals surface area contributed by atoms with Gasteiger partial charge in [0.25, 0.3) is 10.0 Å². The molecule has 1 N–H and O–H groups in total. The van der Waals surface area contributed by atoms with Gasteiger partial charge in [0, 0.05) is 36.9 Å². The van der Waals surface area contributed by atoms with E-state index in [-0.39, 0.29) is 10.2 Å². The van der Waals surface area contributed by atoms with Gasteiger partial charge in [-0.1, -0.05) is 17.7 Å². The molecule has 0 unspecified atom stereocenters. The first-order valence-corrected chi connectivity index (χ1v) is 11.3. The van der Waals surface area contributed by atoms with Crippen molar-refractivity contribution in [1.29, 1.82) is 0 Å². The summed E-state index contributed by atoms with van der Waals surface area (Å²) in [5, 5.41) is 1.71. The lowest BCUT2D eigenvalue weighted by Crippen LogP contribution is -2.30. The Hall–Kier alpha value is -1.81. The van der Waals surface area contributed by atoms with Crippen LogP contribution in [0.3, 0.4) is 0 Å². The van der Waals surface area contributed by atoms with Crippen LogP contribution in [0.2, 0.25) is 5.15 Å². The van der Waals surface area contributed by atoms with Crippen LogP contribution in [0.4, 0.5) is 11.4 Å². The summed E-state index contributed by atoms with van der Waals surface area (Å²) in [6, 6.07) is 5.68. The van der Waals surface area contributed by atoms with Crippen molar-refractivity contribution in [3.8, 4) is 0 Å². The van der Waals surface area contributed by atoms with Crippen LogP contribution in [-0.2, 0) is 16.4 Å². The molecule has 1 aliphatic heterocycles. The van der Waals surface area contributed by atoms with Crippen LogP contribution in [0, 0.1) is 0 Å². The maximum Gasteiger partial charge on any atom is 0.281 e. The van der Waals surface area contributed by atoms with Crippen molar-refractivity contribution in [2.24, 2.45) is 0 Å². The van der Waals surface area contributed by atoms with E-state index in [9.17, 15) is 8.42 Å². The molecular weight excluding hydrogens is 406 g/mol. The molecule has 27 heavy (non-hydrogen) atoms. The molecule has 0 radical (unpaired) electrons. The lowest BCUT2D eigenvalue weighted by atomic mass is 10.1. The molecular formula is C17H20ClN5O2S2. The van der Waals surface area contributed by atoms with Crippen molar-refractivity contribution in [1.82, 2.24) is 14.3 Å². The van der Waals surface area contributed by atoms with E-state index in [0.717, 1.165) is 31.7 Å². The number of fused-ring (bicyclic) bond motifs is 2. The highest BCUT2D eigenvalue weighted by Gasteiger charge is 2.26. The fourth-order valence-corrected chi connectivity index (χ4v) is 5.75. The summed E-state index contributed by atoms with van der Waals surface area (Å²) in [7, 11) is 0.228. The van der Waals surface area contributed by atoms with Gasteiger partial charge in [-0.2, -0.15) is 8.42 Å². The van der Waals surface area contributed by atoms with Crippen molar-refractivity contribution in [2.45, 2.75) is 11.4 Å². The number of nitrogens with one attached hydrogen (secondary N) is 1. The van der Waals surface area contributed by atoms with E-state index in [1.165, 1.54) is 21.3 Å². The summed E-state index contributed by atoms with van der Waals surface area (Å²) in [6.07, 6.45) is 2.62. The predicted octanol–water partition coefficient (Wildman–Crippen LogP) is 2.77. The Kier molecular flexibility index (Phi) is 4.79. The molecule has 7 nitrogen and oxygen atoms in total. The average Bonchev–Trinajstić information content (AvgIpc) is 3.26. The Morgan fingerprint density at radius 1 is 1.37 bits per heavy atom. The summed E-state index contributed by atoms with van der Waals surface area (Å²) in [6.45, 7) is 2.79. The van der Waals surface area contributed by atoms with Crippen LogP contribution in [0.5, 0.6) is 0 Å². The molecule has 144 valence electrons. The second-order valence-corrected chi connectivity index (χ2v) is 9.58. The van der Waals surface area contributed by atoms with E-state index in [4.69, 9.17) is 11.6 Å². The van der Waals surface area contributed by atoms with Gasteiger partial charge in [-0.25, -0.2) is 4.98 Å². The number of imidazole rings is 1. The smallest absolute Gasteiger partial charge is 0.281 e. The monoisotopic (exact) mass is 425 g/mol. The number of sulfonamides is 1. The molecule has 0 fully saturated rings. The normalized spacial score (nSPS) is 14.3. The molecule has 0 saturated heterocycles. The van der Waals surface area contributed by atoms with Gasteiger partial charge >= 0.3 is 0 Å². The number of nitrogens with zero attached hydrogens (tertiary/aromatic N) is 4. The zero-order valence-electron chi connectivity index (χ0n) is 15.0. The summed E-state index contributed by atoms with van der Waals surface area (Å²) in [5.74, 6) is 0. The van der Waals surface area contributed by atoms with Crippen molar-refractivity contribution < 1.29 is 8.42 Å². The highest BCUT2D eigenvalue weighted by molar-refractivity contribution is 7.92. The van der Waals surface area contributed by atoms with Crippen LogP contribution < -0.4 is 9.62 Å². The van der Waals surface area contributed by atoms with Gasteiger partial charge in [0.05, 0.1) is 5.69 Å². The van der Waals surface area contributed by atoms with Crippen molar-refractivity contribution in [3.63, 3.8) is 0 Å². The van der Waals surface area contributed by atoms with E-state index >= 15 is 0 Å². The molecule has 10 heteroatoms. The fraction of sp³-hybridized carbons (Fsp3) is 0.353. The number of hydrogen-bond donors (Lipinski definition) is 1. The highest BCUT2D eigenvalue weighted by Crippen LogP contribution is 2.32. The summed E-state index contributed by atoms with van der Waals surface area (Å²) in [4.78, 5) is 9.08. The maximum atomic E-state index is 12.9. The Bertz CT molecular complexity index is 1090. The van der Waals surface area contributed by atoms with Gasteiger partial charge in [0.2, 0.25) is 0 Å². The molecule has 0 amide bonds. The van der Waals surface area contributed by atoms with Crippen molar-refractivity contribution >= 4 is 49.3 Å². The van der Waals surface area contributed by atoms with Crippen molar-refractivity contribution in [2.75, 3.05) is 43.4 Å². The molecule has 0 aliphatic carbocycles. The zero-order valence-corrected chi connectivity index (χ0v) is 17.4. The number of benzene rings is 1. The first-order chi connectivity index (χ1) is 12.8. The number of thiazole rings is 1. The number of hydrogen-bond acceptors (Lipinski definition) is 6. The van der Waals surface area contributed by atoms with Crippen LogP contribution >= 0.6 is 22.9 Å². The fourth-order valence-electron chi connectivity index (χ4n) is 3.24. The molecule has 1 aromatic carbocycles. The van der Waals surface area contributed by atoms with E-state index in [1.54, 1.807) is 17.6 Å². The zero-order chi connectivity index (χ0) is 19.2. The van der Waals surface area contributed by atoms with Crippen LogP contribution in [-0.4, -0.2) is 56.4 Å². The van der Waals surface area contributed by atoms with Crippen LogP contribution in [0.1, 0.15) is 5.56 Å². The standard InChI is InChI=1S/C17H20ClN5O2S2/c1-21(2)7-8-22-6-5-12-3-4-13(11-14(12)22)20-27(24,25)16-15(18)19-17-23(16)9-10-26-17/h3-4,9-11,20H,5-8H2,1-2H3. The second kappa shape index (κ2) is 6.97. The topological polar surface area (TPSA) is 69.9 Å². The van der Waals surface area contributed by atoms with E-state index in [2.05, 4.69) is 19.5 Å². The Morgan fingerprint density at radius 2 is 2.19 bits per heavy atom. The first-order valence-electron chi connectivity index (χ1n) is 8.51. The van der Waals surface area contributed by atoms with Crippen LogP contribution in [0.15, 0.2) is 34.8 Å². The van der Waals surface area contributed by atoms with E-state index in [0.29, 0.717) is 10.6 Å². The molecule has 3 heterocycles. The van der Waals surface area contributed by atoms with E-state index in [1.807, 2.05) is 26.2 Å². The lowest BCUT2D eigenvalue weighted by Gasteiger charge is -2.22. The van der Waals surface area contributed by atoms with Gasteiger partial charge in [-0.05, 0) is 38.2 Å². The Labute approximate surface area is 167 Å². The molecule has 0 spiro atoms. The number of anilines is 2. The lowest BCUT2D eigenvalue weighted by molar-refractivity contribution is 0.414. The van der Waals surface area contributed by atoms with Gasteiger partial charge < -0.3 is 9.80 Å². The van der Waals surface area contributed by atoms with Crippen molar-refractivity contribution in [3.05, 3.63) is 40.5 Å². The Balaban J connectivity index is 1.62. The number of aromatic nitrogens is 2. The first kappa shape index (κ1) is 18.5. The average molecular weight is 426 g/mol. The third-order valence-corrected chi connectivity index (χ3v) is 7.12. The molecule has 0 atom stereocenters. The summed E-state index contributed by atoms with van der Waals surface area (Å²) >= 11 is 7.42.